The summed E-state index contributed by atoms with van der Waals surface area (Å²) in [4.78, 5) is 11.7. The van der Waals surface area contributed by atoms with Crippen molar-refractivity contribution in [2.75, 3.05) is 13.2 Å². The molecule has 0 bridgehead atoms. The normalized spacial score (nSPS) is 13.8. The van der Waals surface area contributed by atoms with E-state index in [1.165, 1.54) is 0 Å². The van der Waals surface area contributed by atoms with E-state index >= 15 is 0 Å². The summed E-state index contributed by atoms with van der Waals surface area (Å²) in [6.45, 7) is 9.80. The number of ether oxygens (including phenoxy) is 2. The Kier molecular flexibility index (Phi) is 4.95. The summed E-state index contributed by atoms with van der Waals surface area (Å²) in [6, 6.07) is 4.04. The zero-order chi connectivity index (χ0) is 14.6. The number of hydrogen-bond acceptors (Lipinski definition) is 4. The van der Waals surface area contributed by atoms with E-state index in [0.29, 0.717) is 6.61 Å². The molecule has 1 aromatic rings. The third kappa shape index (κ3) is 3.96. The molecular weight excluding hydrogens is 242 g/mol. The maximum Gasteiger partial charge on any atom is 0.329 e. The Morgan fingerprint density at radius 2 is 1.95 bits per heavy atom. The molecule has 0 aliphatic carbocycles. The fourth-order valence-electron chi connectivity index (χ4n) is 1.73. The molecule has 0 saturated carbocycles. The van der Waals surface area contributed by atoms with Crippen LogP contribution >= 0.6 is 0 Å². The topological polar surface area (TPSA) is 61.5 Å². The Balaban J connectivity index is 2.79. The smallest absolute Gasteiger partial charge is 0.329 e. The van der Waals surface area contributed by atoms with Gasteiger partial charge < -0.3 is 15.2 Å². The Labute approximate surface area is 114 Å². The fraction of sp³-hybridized carbons (Fsp3) is 0.533. The highest BCUT2D eigenvalue weighted by Crippen LogP contribution is 2.24. The second kappa shape index (κ2) is 6.06. The first-order chi connectivity index (χ1) is 8.77. The van der Waals surface area contributed by atoms with Gasteiger partial charge in [0.2, 0.25) is 0 Å². The molecule has 1 atom stereocenters. The second-order valence-electron chi connectivity index (χ2n) is 5.13. The van der Waals surface area contributed by atoms with Gasteiger partial charge in [-0.3, -0.25) is 0 Å². The van der Waals surface area contributed by atoms with Crippen molar-refractivity contribution in [3.05, 3.63) is 28.8 Å². The molecule has 0 spiro atoms. The number of aryl methyl sites for hydroxylation is 2. The largest absolute Gasteiger partial charge is 0.491 e. The minimum absolute atomic E-state index is 0.0928. The number of hydrogen-bond donors (Lipinski definition) is 1. The monoisotopic (exact) mass is 265 g/mol. The van der Waals surface area contributed by atoms with Gasteiger partial charge in [0.25, 0.3) is 0 Å². The van der Waals surface area contributed by atoms with Crippen molar-refractivity contribution in [3.8, 4) is 5.75 Å². The van der Waals surface area contributed by atoms with Gasteiger partial charge in [-0.05, 0) is 57.4 Å². The van der Waals surface area contributed by atoms with E-state index in [1.54, 1.807) is 13.8 Å². The van der Waals surface area contributed by atoms with Crippen LogP contribution in [0.15, 0.2) is 12.1 Å². The first-order valence-electron chi connectivity index (χ1n) is 6.44. The summed E-state index contributed by atoms with van der Waals surface area (Å²) < 4.78 is 10.6. The molecule has 0 aliphatic heterocycles. The van der Waals surface area contributed by atoms with E-state index in [9.17, 15) is 4.79 Å². The number of esters is 1. The third-order valence-corrected chi connectivity index (χ3v) is 3.03. The van der Waals surface area contributed by atoms with Gasteiger partial charge in [-0.25, -0.2) is 4.79 Å². The molecule has 1 unspecified atom stereocenters. The molecule has 0 amide bonds. The lowest BCUT2D eigenvalue weighted by atomic mass is 10.0. The van der Waals surface area contributed by atoms with Crippen LogP contribution in [0, 0.1) is 20.8 Å². The van der Waals surface area contributed by atoms with E-state index in [0.717, 1.165) is 22.4 Å². The summed E-state index contributed by atoms with van der Waals surface area (Å²) in [5.41, 5.74) is 8.12. The van der Waals surface area contributed by atoms with Crippen molar-refractivity contribution in [3.63, 3.8) is 0 Å². The quantitative estimate of drug-likeness (QED) is 0.830. The Hall–Kier alpha value is -1.55. The molecule has 4 nitrogen and oxygen atoms in total. The first kappa shape index (κ1) is 15.5. The van der Waals surface area contributed by atoms with Crippen molar-refractivity contribution in [2.45, 2.75) is 40.2 Å². The molecule has 106 valence electrons. The van der Waals surface area contributed by atoms with Gasteiger partial charge >= 0.3 is 5.97 Å². The molecule has 19 heavy (non-hydrogen) atoms. The lowest BCUT2D eigenvalue weighted by molar-refractivity contribution is -0.150. The van der Waals surface area contributed by atoms with Crippen molar-refractivity contribution in [2.24, 2.45) is 5.73 Å². The number of benzene rings is 1. The number of nitrogens with two attached hydrogens (primary N) is 1. The van der Waals surface area contributed by atoms with Crippen molar-refractivity contribution in [1.29, 1.82) is 0 Å². The first-order valence-corrected chi connectivity index (χ1v) is 6.44. The fourth-order valence-corrected chi connectivity index (χ4v) is 1.73. The number of carbonyl (C=O) groups is 1. The van der Waals surface area contributed by atoms with Crippen LogP contribution < -0.4 is 10.5 Å². The van der Waals surface area contributed by atoms with Gasteiger partial charge in [0.05, 0.1) is 6.61 Å². The minimum atomic E-state index is -1.14. The maximum atomic E-state index is 11.7. The predicted octanol–water partition coefficient (Wildman–Crippen LogP) is 2.27. The van der Waals surface area contributed by atoms with Gasteiger partial charge in [-0.2, -0.15) is 0 Å². The van der Waals surface area contributed by atoms with Crippen LogP contribution in [-0.2, 0) is 9.53 Å². The molecule has 2 N–H and O–H groups in total. The van der Waals surface area contributed by atoms with Crippen molar-refractivity contribution in [1.82, 2.24) is 0 Å². The van der Waals surface area contributed by atoms with Crippen molar-refractivity contribution < 1.29 is 14.3 Å². The molecule has 1 rings (SSSR count). The molecule has 1 aromatic carbocycles. The highest BCUT2D eigenvalue weighted by Gasteiger charge is 2.31. The van der Waals surface area contributed by atoms with E-state index in [1.807, 2.05) is 26.8 Å². The van der Waals surface area contributed by atoms with Crippen molar-refractivity contribution >= 4 is 5.97 Å². The van der Waals surface area contributed by atoms with Gasteiger partial charge in [0.1, 0.15) is 17.9 Å². The Morgan fingerprint density at radius 1 is 1.32 bits per heavy atom. The van der Waals surface area contributed by atoms with Crippen LogP contribution in [0.4, 0.5) is 0 Å². The average Bonchev–Trinajstić information content (AvgIpc) is 2.32. The van der Waals surface area contributed by atoms with Crippen LogP contribution in [0.2, 0.25) is 0 Å². The Morgan fingerprint density at radius 3 is 2.53 bits per heavy atom. The van der Waals surface area contributed by atoms with E-state index in [-0.39, 0.29) is 6.61 Å². The zero-order valence-corrected chi connectivity index (χ0v) is 12.4. The van der Waals surface area contributed by atoms with Gasteiger partial charge in [0, 0.05) is 0 Å². The highest BCUT2D eigenvalue weighted by atomic mass is 16.5. The standard InChI is InChI=1S/C15H23NO3/c1-6-18-14(17)15(5,16)9-19-13-8-10(2)7-11(3)12(13)4/h7-8H,6,9,16H2,1-5H3. The van der Waals surface area contributed by atoms with Crippen LogP contribution in [0.3, 0.4) is 0 Å². The molecule has 0 saturated heterocycles. The number of carbonyl (C=O) groups excluding carboxylic acids is 1. The number of rotatable bonds is 5. The molecular formula is C15H23NO3. The molecule has 0 fully saturated rings. The lowest BCUT2D eigenvalue weighted by Gasteiger charge is -2.23. The maximum absolute atomic E-state index is 11.7. The zero-order valence-electron chi connectivity index (χ0n) is 12.4. The molecule has 0 aliphatic rings. The van der Waals surface area contributed by atoms with Crippen LogP contribution in [0.25, 0.3) is 0 Å². The highest BCUT2D eigenvalue weighted by molar-refractivity contribution is 5.80. The van der Waals surface area contributed by atoms with Gasteiger partial charge in [-0.1, -0.05) is 6.07 Å². The molecule has 0 aromatic heterocycles. The summed E-state index contributed by atoms with van der Waals surface area (Å²) in [6.07, 6.45) is 0. The molecule has 0 radical (unpaired) electrons. The summed E-state index contributed by atoms with van der Waals surface area (Å²) in [5.74, 6) is 0.315. The van der Waals surface area contributed by atoms with Crippen LogP contribution in [0.1, 0.15) is 30.5 Å². The summed E-state index contributed by atoms with van der Waals surface area (Å²) in [7, 11) is 0. The minimum Gasteiger partial charge on any atom is -0.491 e. The summed E-state index contributed by atoms with van der Waals surface area (Å²) >= 11 is 0. The molecule has 4 heteroatoms. The van der Waals surface area contributed by atoms with E-state index in [2.05, 4.69) is 6.07 Å². The van der Waals surface area contributed by atoms with Gasteiger partial charge in [-0.15, -0.1) is 0 Å². The summed E-state index contributed by atoms with van der Waals surface area (Å²) in [5, 5.41) is 0. The predicted molar refractivity (Wildman–Crippen MR) is 75.4 cm³/mol. The molecule has 0 heterocycles. The van der Waals surface area contributed by atoms with E-state index < -0.39 is 11.5 Å². The lowest BCUT2D eigenvalue weighted by Crippen LogP contribution is -2.51. The SMILES string of the molecule is CCOC(=O)C(C)(N)COc1cc(C)cc(C)c1C. The van der Waals surface area contributed by atoms with E-state index in [4.69, 9.17) is 15.2 Å². The van der Waals surface area contributed by atoms with Gasteiger partial charge in [0.15, 0.2) is 0 Å². The van der Waals surface area contributed by atoms with Crippen LogP contribution in [-0.4, -0.2) is 24.7 Å². The Bertz CT molecular complexity index is 467. The average molecular weight is 265 g/mol. The van der Waals surface area contributed by atoms with Crippen LogP contribution in [0.5, 0.6) is 5.75 Å². The third-order valence-electron chi connectivity index (χ3n) is 3.03. The second-order valence-corrected chi connectivity index (χ2v) is 5.13.